The van der Waals surface area contributed by atoms with E-state index in [0.29, 0.717) is 18.9 Å². The van der Waals surface area contributed by atoms with Gasteiger partial charge in [0.05, 0.1) is 0 Å². The van der Waals surface area contributed by atoms with Crippen LogP contribution in [0, 0.1) is 11.8 Å². The van der Waals surface area contributed by atoms with Gasteiger partial charge >= 0.3 is 0 Å². The van der Waals surface area contributed by atoms with E-state index in [4.69, 9.17) is 0 Å². The molecule has 1 heterocycles. The summed E-state index contributed by atoms with van der Waals surface area (Å²) in [7, 11) is 0. The van der Waals surface area contributed by atoms with Crippen LogP contribution in [-0.4, -0.2) is 23.3 Å². The Hall–Kier alpha value is -0.860. The van der Waals surface area contributed by atoms with Crippen molar-refractivity contribution in [1.29, 1.82) is 0 Å². The molecule has 1 atom stereocenters. The molecular formula is C12H23NO2. The Morgan fingerprint density at radius 1 is 1.33 bits per heavy atom. The molecule has 0 radical (unpaired) electrons. The van der Waals surface area contributed by atoms with Crippen molar-refractivity contribution in [2.75, 3.05) is 6.54 Å². The minimum Gasteiger partial charge on any atom is -0.282 e. The molecule has 0 aromatic carbocycles. The molecule has 1 fully saturated rings. The number of nitrogens with zero attached hydrogens (tertiary/aromatic N) is 1. The van der Waals surface area contributed by atoms with Crippen molar-refractivity contribution >= 4 is 11.8 Å². The van der Waals surface area contributed by atoms with Gasteiger partial charge in [-0.1, -0.05) is 34.6 Å². The SMILES string of the molecule is CC.CCC1CC(=O)N(CC(C)C)C1=O. The number of imide groups is 1. The molecule has 0 saturated carbocycles. The number of likely N-dealkylation sites (tertiary alicyclic amines) is 1. The zero-order valence-corrected chi connectivity index (χ0v) is 10.5. The lowest BCUT2D eigenvalue weighted by Crippen LogP contribution is -2.33. The van der Waals surface area contributed by atoms with E-state index in [0.717, 1.165) is 6.42 Å². The Morgan fingerprint density at radius 3 is 2.20 bits per heavy atom. The molecule has 2 amide bonds. The highest BCUT2D eigenvalue weighted by Gasteiger charge is 2.37. The van der Waals surface area contributed by atoms with E-state index in [2.05, 4.69) is 0 Å². The first kappa shape index (κ1) is 14.1. The van der Waals surface area contributed by atoms with Crippen molar-refractivity contribution in [3.63, 3.8) is 0 Å². The highest BCUT2D eigenvalue weighted by molar-refractivity contribution is 6.03. The lowest BCUT2D eigenvalue weighted by Gasteiger charge is -2.16. The third-order valence-electron chi connectivity index (χ3n) is 2.38. The van der Waals surface area contributed by atoms with Gasteiger partial charge in [-0.3, -0.25) is 14.5 Å². The Labute approximate surface area is 92.8 Å². The van der Waals surface area contributed by atoms with Gasteiger partial charge in [0.25, 0.3) is 0 Å². The number of amides is 2. The second kappa shape index (κ2) is 6.59. The number of carbonyl (C=O) groups excluding carboxylic acids is 2. The van der Waals surface area contributed by atoms with Crippen LogP contribution in [0.3, 0.4) is 0 Å². The predicted octanol–water partition coefficient (Wildman–Crippen LogP) is 2.45. The average Bonchev–Trinajstić information content (AvgIpc) is 2.48. The van der Waals surface area contributed by atoms with Crippen molar-refractivity contribution in [3.8, 4) is 0 Å². The molecule has 0 spiro atoms. The number of hydrogen-bond acceptors (Lipinski definition) is 2. The lowest BCUT2D eigenvalue weighted by molar-refractivity contribution is -0.139. The normalized spacial score (nSPS) is 20.7. The summed E-state index contributed by atoms with van der Waals surface area (Å²) in [6, 6.07) is 0. The number of rotatable bonds is 3. The zero-order chi connectivity index (χ0) is 12.0. The van der Waals surface area contributed by atoms with Crippen molar-refractivity contribution in [2.45, 2.75) is 47.5 Å². The van der Waals surface area contributed by atoms with E-state index in [1.165, 1.54) is 4.90 Å². The molecule has 3 heteroatoms. The fourth-order valence-corrected chi connectivity index (χ4v) is 1.63. The van der Waals surface area contributed by atoms with Gasteiger partial charge in [-0.05, 0) is 12.3 Å². The Bertz CT molecular complexity index is 224. The van der Waals surface area contributed by atoms with Crippen LogP contribution in [-0.2, 0) is 9.59 Å². The largest absolute Gasteiger partial charge is 0.282 e. The van der Waals surface area contributed by atoms with E-state index >= 15 is 0 Å². The molecule has 1 aliphatic heterocycles. The van der Waals surface area contributed by atoms with Crippen LogP contribution in [0.15, 0.2) is 0 Å². The summed E-state index contributed by atoms with van der Waals surface area (Å²) < 4.78 is 0. The molecule has 0 aliphatic carbocycles. The van der Waals surface area contributed by atoms with Crippen LogP contribution in [0.4, 0.5) is 0 Å². The standard InChI is InChI=1S/C10H17NO2.C2H6/c1-4-8-5-9(12)11(10(8)13)6-7(2)3;1-2/h7-8H,4-6H2,1-3H3;1-2H3. The molecule has 3 nitrogen and oxygen atoms in total. The first-order valence-corrected chi connectivity index (χ1v) is 5.90. The van der Waals surface area contributed by atoms with E-state index in [9.17, 15) is 9.59 Å². The van der Waals surface area contributed by atoms with E-state index in [-0.39, 0.29) is 17.7 Å². The van der Waals surface area contributed by atoms with Crippen molar-refractivity contribution in [3.05, 3.63) is 0 Å². The van der Waals surface area contributed by atoms with Gasteiger partial charge in [0.2, 0.25) is 11.8 Å². The van der Waals surface area contributed by atoms with Gasteiger partial charge in [0.1, 0.15) is 0 Å². The Kier molecular flexibility index (Phi) is 6.21. The summed E-state index contributed by atoms with van der Waals surface area (Å²) in [6.45, 7) is 10.6. The third-order valence-corrected chi connectivity index (χ3v) is 2.38. The van der Waals surface area contributed by atoms with Gasteiger partial charge in [-0.2, -0.15) is 0 Å². The first-order chi connectivity index (χ1) is 7.06. The molecule has 0 bridgehead atoms. The summed E-state index contributed by atoms with van der Waals surface area (Å²) in [5.41, 5.74) is 0. The topological polar surface area (TPSA) is 37.4 Å². The fraction of sp³-hybridized carbons (Fsp3) is 0.833. The quantitative estimate of drug-likeness (QED) is 0.675. The van der Waals surface area contributed by atoms with E-state index in [1.54, 1.807) is 0 Å². The van der Waals surface area contributed by atoms with Gasteiger partial charge in [0, 0.05) is 18.9 Å². The Balaban J connectivity index is 0.000000921. The molecule has 1 rings (SSSR count). The summed E-state index contributed by atoms with van der Waals surface area (Å²) >= 11 is 0. The monoisotopic (exact) mass is 213 g/mol. The zero-order valence-electron chi connectivity index (χ0n) is 10.5. The van der Waals surface area contributed by atoms with Gasteiger partial charge in [-0.15, -0.1) is 0 Å². The predicted molar refractivity (Wildman–Crippen MR) is 61.3 cm³/mol. The molecule has 1 aliphatic rings. The fourth-order valence-electron chi connectivity index (χ4n) is 1.63. The van der Waals surface area contributed by atoms with Crippen LogP contribution >= 0.6 is 0 Å². The van der Waals surface area contributed by atoms with Crippen LogP contribution in [0.2, 0.25) is 0 Å². The lowest BCUT2D eigenvalue weighted by atomic mass is 10.1. The maximum atomic E-state index is 11.6. The van der Waals surface area contributed by atoms with Crippen molar-refractivity contribution in [1.82, 2.24) is 4.90 Å². The van der Waals surface area contributed by atoms with Crippen LogP contribution in [0.1, 0.15) is 47.5 Å². The van der Waals surface area contributed by atoms with Crippen molar-refractivity contribution in [2.24, 2.45) is 11.8 Å². The molecule has 1 unspecified atom stereocenters. The van der Waals surface area contributed by atoms with Gasteiger partial charge < -0.3 is 0 Å². The average molecular weight is 213 g/mol. The van der Waals surface area contributed by atoms with Crippen LogP contribution < -0.4 is 0 Å². The van der Waals surface area contributed by atoms with Gasteiger partial charge in [-0.25, -0.2) is 0 Å². The van der Waals surface area contributed by atoms with Crippen LogP contribution in [0.5, 0.6) is 0 Å². The Morgan fingerprint density at radius 2 is 1.87 bits per heavy atom. The second-order valence-electron chi connectivity index (χ2n) is 4.05. The molecular weight excluding hydrogens is 190 g/mol. The third kappa shape index (κ3) is 3.65. The number of hydrogen-bond donors (Lipinski definition) is 0. The molecule has 15 heavy (non-hydrogen) atoms. The minimum absolute atomic E-state index is 0.00514. The summed E-state index contributed by atoms with van der Waals surface area (Å²) in [6.07, 6.45) is 1.20. The van der Waals surface area contributed by atoms with Crippen molar-refractivity contribution < 1.29 is 9.59 Å². The smallest absolute Gasteiger partial charge is 0.232 e. The van der Waals surface area contributed by atoms with Crippen LogP contribution in [0.25, 0.3) is 0 Å². The molecule has 0 N–H and O–H groups in total. The maximum Gasteiger partial charge on any atom is 0.232 e. The minimum atomic E-state index is -0.0498. The first-order valence-electron chi connectivity index (χ1n) is 5.90. The summed E-state index contributed by atoms with van der Waals surface area (Å²) in [5.74, 6) is 0.349. The highest BCUT2D eigenvalue weighted by atomic mass is 16.2. The second-order valence-corrected chi connectivity index (χ2v) is 4.05. The van der Waals surface area contributed by atoms with Gasteiger partial charge in [0.15, 0.2) is 0 Å². The van der Waals surface area contributed by atoms with E-state index < -0.39 is 0 Å². The van der Waals surface area contributed by atoms with E-state index in [1.807, 2.05) is 34.6 Å². The number of carbonyl (C=O) groups is 2. The molecule has 88 valence electrons. The molecule has 0 aromatic heterocycles. The summed E-state index contributed by atoms with van der Waals surface area (Å²) in [4.78, 5) is 24.4. The molecule has 0 aromatic rings. The maximum absolute atomic E-state index is 11.6. The molecule has 1 saturated heterocycles. The highest BCUT2D eigenvalue weighted by Crippen LogP contribution is 2.22. The summed E-state index contributed by atoms with van der Waals surface area (Å²) in [5, 5.41) is 0.